The quantitative estimate of drug-likeness (QED) is 0.518. The van der Waals surface area contributed by atoms with Crippen molar-refractivity contribution >= 4 is 6.29 Å². The topological polar surface area (TPSA) is 87.0 Å². The number of carbonyl (C=O) groups excluding carboxylic acids is 1. The molecule has 0 aromatic heterocycles. The SMILES string of the molecule is C=C(C)C1CCC(C)(OC)C(O)C1O.O=CCCO. The van der Waals surface area contributed by atoms with Crippen molar-refractivity contribution in [3.05, 3.63) is 12.2 Å². The van der Waals surface area contributed by atoms with Crippen LogP contribution in [0.4, 0.5) is 0 Å². The van der Waals surface area contributed by atoms with Gasteiger partial charge in [0.15, 0.2) is 0 Å². The van der Waals surface area contributed by atoms with E-state index in [9.17, 15) is 15.0 Å². The minimum atomic E-state index is -0.831. The van der Waals surface area contributed by atoms with Crippen LogP contribution in [0.3, 0.4) is 0 Å². The van der Waals surface area contributed by atoms with E-state index in [-0.39, 0.29) is 18.9 Å². The van der Waals surface area contributed by atoms with Crippen molar-refractivity contribution in [3.8, 4) is 0 Å². The van der Waals surface area contributed by atoms with Crippen molar-refractivity contribution in [3.63, 3.8) is 0 Å². The zero-order chi connectivity index (χ0) is 15.1. The Balaban J connectivity index is 0.000000555. The van der Waals surface area contributed by atoms with Crippen LogP contribution in [0.15, 0.2) is 12.2 Å². The molecule has 0 aromatic rings. The summed E-state index contributed by atoms with van der Waals surface area (Å²) in [6.07, 6.45) is 0.922. The fourth-order valence-corrected chi connectivity index (χ4v) is 2.16. The Hall–Kier alpha value is -0.750. The van der Waals surface area contributed by atoms with Crippen LogP contribution in [0.2, 0.25) is 0 Å². The third-order valence-electron chi connectivity index (χ3n) is 3.66. The lowest BCUT2D eigenvalue weighted by Crippen LogP contribution is -2.55. The second-order valence-corrected chi connectivity index (χ2v) is 5.12. The van der Waals surface area contributed by atoms with E-state index < -0.39 is 17.8 Å². The second kappa shape index (κ2) is 8.43. The van der Waals surface area contributed by atoms with Crippen molar-refractivity contribution in [1.29, 1.82) is 0 Å². The van der Waals surface area contributed by atoms with E-state index in [0.717, 1.165) is 18.4 Å². The summed E-state index contributed by atoms with van der Waals surface area (Å²) in [6.45, 7) is 7.51. The summed E-state index contributed by atoms with van der Waals surface area (Å²) in [7, 11) is 1.57. The number of methoxy groups -OCH3 is 1. The molecular formula is C14H26O5. The first-order valence-electron chi connectivity index (χ1n) is 6.45. The van der Waals surface area contributed by atoms with Crippen LogP contribution < -0.4 is 0 Å². The van der Waals surface area contributed by atoms with Gasteiger partial charge in [0.1, 0.15) is 12.4 Å². The molecule has 1 aliphatic carbocycles. The molecule has 19 heavy (non-hydrogen) atoms. The number of carbonyl (C=O) groups is 1. The third-order valence-corrected chi connectivity index (χ3v) is 3.66. The number of hydrogen-bond donors (Lipinski definition) is 3. The first-order valence-corrected chi connectivity index (χ1v) is 6.45. The van der Waals surface area contributed by atoms with Crippen molar-refractivity contribution in [1.82, 2.24) is 0 Å². The number of aliphatic hydroxyl groups is 3. The van der Waals surface area contributed by atoms with E-state index in [1.807, 2.05) is 13.8 Å². The lowest BCUT2D eigenvalue weighted by Gasteiger charge is -2.44. The van der Waals surface area contributed by atoms with Crippen molar-refractivity contribution in [2.24, 2.45) is 5.92 Å². The highest BCUT2D eigenvalue weighted by Gasteiger charge is 2.45. The molecule has 1 saturated carbocycles. The summed E-state index contributed by atoms with van der Waals surface area (Å²) in [5.41, 5.74) is 0.306. The van der Waals surface area contributed by atoms with E-state index in [4.69, 9.17) is 9.84 Å². The number of aldehydes is 1. The Kier molecular flexibility index (Phi) is 8.09. The molecule has 0 heterocycles. The van der Waals surface area contributed by atoms with Crippen LogP contribution in [-0.4, -0.2) is 53.1 Å². The Morgan fingerprint density at radius 3 is 2.42 bits per heavy atom. The van der Waals surface area contributed by atoms with Gasteiger partial charge in [0.05, 0.1) is 11.7 Å². The summed E-state index contributed by atoms with van der Waals surface area (Å²) >= 11 is 0. The van der Waals surface area contributed by atoms with E-state index in [1.165, 1.54) is 0 Å². The third kappa shape index (κ3) is 5.03. The predicted octanol–water partition coefficient (Wildman–Crippen LogP) is 0.667. The molecule has 5 nitrogen and oxygen atoms in total. The molecular weight excluding hydrogens is 248 g/mol. The van der Waals surface area contributed by atoms with Gasteiger partial charge in [-0.1, -0.05) is 12.2 Å². The minimum absolute atomic E-state index is 0.00627. The lowest BCUT2D eigenvalue weighted by atomic mass is 9.73. The number of ether oxygens (including phenoxy) is 1. The molecule has 112 valence electrons. The molecule has 1 aliphatic rings. The van der Waals surface area contributed by atoms with Gasteiger partial charge < -0.3 is 24.9 Å². The molecule has 0 bridgehead atoms. The lowest BCUT2D eigenvalue weighted by molar-refractivity contribution is -0.169. The summed E-state index contributed by atoms with van der Waals surface area (Å²) in [4.78, 5) is 9.24. The van der Waals surface area contributed by atoms with Gasteiger partial charge in [0.25, 0.3) is 0 Å². The number of hydrogen-bond acceptors (Lipinski definition) is 5. The minimum Gasteiger partial charge on any atom is -0.396 e. The van der Waals surface area contributed by atoms with Crippen molar-refractivity contribution in [2.45, 2.75) is 50.9 Å². The summed E-state index contributed by atoms with van der Waals surface area (Å²) in [5.74, 6) is -0.00627. The van der Waals surface area contributed by atoms with Crippen LogP contribution >= 0.6 is 0 Å². The van der Waals surface area contributed by atoms with E-state index in [0.29, 0.717) is 6.29 Å². The first kappa shape index (κ1) is 18.2. The molecule has 3 N–H and O–H groups in total. The van der Waals surface area contributed by atoms with E-state index in [1.54, 1.807) is 7.11 Å². The fraction of sp³-hybridized carbons (Fsp3) is 0.786. The van der Waals surface area contributed by atoms with Gasteiger partial charge in [0.2, 0.25) is 0 Å². The molecule has 0 aromatic carbocycles. The van der Waals surface area contributed by atoms with Crippen LogP contribution in [-0.2, 0) is 9.53 Å². The highest BCUT2D eigenvalue weighted by Crippen LogP contribution is 2.37. The maximum absolute atomic E-state index is 9.90. The Labute approximate surface area is 114 Å². The summed E-state index contributed by atoms with van der Waals surface area (Å²) in [5, 5.41) is 27.6. The smallest absolute Gasteiger partial charge is 0.122 e. The van der Waals surface area contributed by atoms with E-state index in [2.05, 4.69) is 6.58 Å². The predicted molar refractivity (Wildman–Crippen MR) is 72.7 cm³/mol. The first-order chi connectivity index (χ1) is 8.83. The normalized spacial score (nSPS) is 34.1. The molecule has 4 unspecified atom stereocenters. The maximum Gasteiger partial charge on any atom is 0.122 e. The highest BCUT2D eigenvalue weighted by molar-refractivity contribution is 5.49. The van der Waals surface area contributed by atoms with Crippen LogP contribution in [0, 0.1) is 5.92 Å². The van der Waals surface area contributed by atoms with Crippen LogP contribution in [0.25, 0.3) is 0 Å². The molecule has 0 amide bonds. The largest absolute Gasteiger partial charge is 0.396 e. The second-order valence-electron chi connectivity index (χ2n) is 5.12. The zero-order valence-electron chi connectivity index (χ0n) is 12.0. The molecule has 1 rings (SSSR count). The maximum atomic E-state index is 9.90. The van der Waals surface area contributed by atoms with Gasteiger partial charge in [-0.3, -0.25) is 0 Å². The summed E-state index contributed by atoms with van der Waals surface area (Å²) in [6, 6.07) is 0. The van der Waals surface area contributed by atoms with Crippen LogP contribution in [0.5, 0.6) is 0 Å². The molecule has 4 atom stereocenters. The monoisotopic (exact) mass is 274 g/mol. The molecule has 0 saturated heterocycles. The number of rotatable bonds is 4. The molecule has 0 radical (unpaired) electrons. The van der Waals surface area contributed by atoms with Crippen molar-refractivity contribution in [2.75, 3.05) is 13.7 Å². The number of aliphatic hydroxyl groups excluding tert-OH is 3. The Morgan fingerprint density at radius 2 is 2.11 bits per heavy atom. The van der Waals surface area contributed by atoms with Gasteiger partial charge in [-0.25, -0.2) is 0 Å². The molecule has 1 fully saturated rings. The van der Waals surface area contributed by atoms with Gasteiger partial charge in [0, 0.05) is 26.1 Å². The van der Waals surface area contributed by atoms with Gasteiger partial charge in [-0.2, -0.15) is 0 Å². The highest BCUT2D eigenvalue weighted by atomic mass is 16.5. The van der Waals surface area contributed by atoms with E-state index >= 15 is 0 Å². The van der Waals surface area contributed by atoms with Gasteiger partial charge in [-0.05, 0) is 26.7 Å². The summed E-state index contributed by atoms with van der Waals surface area (Å²) < 4.78 is 5.25. The average Bonchev–Trinajstić information content (AvgIpc) is 2.37. The average molecular weight is 274 g/mol. The molecule has 0 aliphatic heterocycles. The zero-order valence-corrected chi connectivity index (χ0v) is 12.0. The van der Waals surface area contributed by atoms with Crippen molar-refractivity contribution < 1.29 is 24.9 Å². The Bertz CT molecular complexity index is 292. The molecule has 0 spiro atoms. The van der Waals surface area contributed by atoms with Gasteiger partial charge in [-0.15, -0.1) is 0 Å². The Morgan fingerprint density at radius 1 is 1.53 bits per heavy atom. The standard InChI is InChI=1S/C11H20O3.C3H6O2/c1-7(2)8-5-6-11(3,14-4)10(13)9(8)12;4-2-1-3-5/h8-10,12-13H,1,5-6H2,2-4H3;2,5H,1,3H2. The van der Waals surface area contributed by atoms with Gasteiger partial charge >= 0.3 is 0 Å². The van der Waals surface area contributed by atoms with Crippen LogP contribution in [0.1, 0.15) is 33.1 Å². The fourth-order valence-electron chi connectivity index (χ4n) is 2.16. The molecule has 5 heteroatoms.